The molecule has 232 valence electrons. The number of hydrogen-bond donors (Lipinski definition) is 2. The standard InChI is InChI=1S/C37H36N6O3/c1-41-35-28(14-25(17-33(35)46-2)37(45)43-19-24-8-10-29(43)34(24)38)40-36(41)31-16-23-6-5-22(15-30(23)42(31)18-20-3-4-20)21-7-9-27-26(13-21)32(44)11-12-39-27/h5-7,9,11-17,20,24,29,34H,3-4,8,10,18-19,38H2,1-2H3,(H,39,44)/t24-,29-,34-/m1/s1. The van der Waals surface area contributed by atoms with Gasteiger partial charge in [-0.2, -0.15) is 0 Å². The number of nitrogens with zero attached hydrogens (tertiary/aromatic N) is 5. The maximum absolute atomic E-state index is 13.8. The Morgan fingerprint density at radius 3 is 2.59 bits per heavy atom. The van der Waals surface area contributed by atoms with Crippen LogP contribution >= 0.6 is 0 Å². The van der Waals surface area contributed by atoms with Crippen LogP contribution in [-0.4, -0.2) is 60.8 Å². The first-order valence-electron chi connectivity index (χ1n) is 16.2. The van der Waals surface area contributed by atoms with Gasteiger partial charge < -0.3 is 29.6 Å². The first-order valence-corrected chi connectivity index (χ1v) is 16.2. The number of hydrogen-bond acceptors (Lipinski definition) is 6. The number of imidazole rings is 1. The largest absolute Gasteiger partial charge is 0.507 e. The fourth-order valence-corrected chi connectivity index (χ4v) is 7.95. The lowest BCUT2D eigenvalue weighted by molar-refractivity contribution is 0.0700. The minimum Gasteiger partial charge on any atom is -0.507 e. The lowest BCUT2D eigenvalue weighted by atomic mass is 10.0. The molecule has 0 spiro atoms. The first kappa shape index (κ1) is 27.4. The Balaban J connectivity index is 1.16. The minimum absolute atomic E-state index is 0.00298. The quantitative estimate of drug-likeness (QED) is 0.235. The maximum atomic E-state index is 13.8. The molecule has 2 bridgehead atoms. The molecule has 3 N–H and O–H groups in total. The highest BCUT2D eigenvalue weighted by molar-refractivity contribution is 6.01. The number of amides is 1. The van der Waals surface area contributed by atoms with Gasteiger partial charge in [0, 0.05) is 60.3 Å². The third-order valence-corrected chi connectivity index (χ3v) is 10.6. The molecule has 0 unspecified atom stereocenters. The molecule has 46 heavy (non-hydrogen) atoms. The van der Waals surface area contributed by atoms with Crippen LogP contribution in [0.5, 0.6) is 11.5 Å². The number of likely N-dealkylation sites (tertiary alicyclic amines) is 1. The van der Waals surface area contributed by atoms with Gasteiger partial charge in [-0.05, 0) is 91.1 Å². The molecule has 3 fully saturated rings. The lowest BCUT2D eigenvalue weighted by Gasteiger charge is -2.27. The Hall–Kier alpha value is -4.89. The SMILES string of the molecule is COc1cc(C(=O)N2C[C@H]3CC[C@@H]2[C@@H]3N)cc2nc(-c3cc4ccc(-c5ccc6nccc(O)c6c5)cc4n3CC3CC3)n(C)c12. The van der Waals surface area contributed by atoms with Gasteiger partial charge in [-0.1, -0.05) is 18.2 Å². The summed E-state index contributed by atoms with van der Waals surface area (Å²) in [5.74, 6) is 2.73. The van der Waals surface area contributed by atoms with Crippen LogP contribution < -0.4 is 10.5 Å². The summed E-state index contributed by atoms with van der Waals surface area (Å²) in [6.07, 6.45) is 6.14. The summed E-state index contributed by atoms with van der Waals surface area (Å²) in [5, 5.41) is 12.3. The zero-order valence-corrected chi connectivity index (χ0v) is 26.0. The molecule has 6 aromatic rings. The highest BCUT2D eigenvalue weighted by atomic mass is 16.5. The van der Waals surface area contributed by atoms with Gasteiger partial charge in [-0.25, -0.2) is 4.98 Å². The number of nitrogens with two attached hydrogens (primary N) is 1. The van der Waals surface area contributed by atoms with Crippen molar-refractivity contribution in [2.45, 2.75) is 44.3 Å². The number of rotatable bonds is 6. The van der Waals surface area contributed by atoms with Gasteiger partial charge in [0.1, 0.15) is 17.0 Å². The van der Waals surface area contributed by atoms with Crippen LogP contribution in [-0.2, 0) is 13.6 Å². The van der Waals surface area contributed by atoms with Gasteiger partial charge in [0.05, 0.1) is 23.8 Å². The first-order chi connectivity index (χ1) is 22.4. The molecule has 0 radical (unpaired) electrons. The van der Waals surface area contributed by atoms with Crippen LogP contribution in [0.15, 0.2) is 66.9 Å². The van der Waals surface area contributed by atoms with Crippen molar-refractivity contribution in [2.75, 3.05) is 13.7 Å². The third-order valence-electron chi connectivity index (χ3n) is 10.6. The molecule has 3 atom stereocenters. The van der Waals surface area contributed by atoms with Crippen molar-refractivity contribution >= 4 is 38.7 Å². The summed E-state index contributed by atoms with van der Waals surface area (Å²) >= 11 is 0. The molecule has 1 saturated heterocycles. The number of pyridine rings is 1. The fraction of sp³-hybridized carbons (Fsp3) is 0.324. The topological polar surface area (TPSA) is 111 Å². The Bertz CT molecular complexity index is 2210. The minimum atomic E-state index is 0.00298. The molecule has 2 aliphatic carbocycles. The highest BCUT2D eigenvalue weighted by Gasteiger charge is 2.47. The number of piperidine rings is 1. The van der Waals surface area contributed by atoms with Crippen LogP contribution in [0.1, 0.15) is 36.0 Å². The van der Waals surface area contributed by atoms with Crippen molar-refractivity contribution in [3.05, 3.63) is 72.4 Å². The monoisotopic (exact) mass is 612 g/mol. The Kier molecular flexibility index (Phi) is 5.99. The summed E-state index contributed by atoms with van der Waals surface area (Å²) in [6, 6.07) is 20.4. The molecule has 9 heteroatoms. The molecule has 2 saturated carbocycles. The number of carbonyl (C=O) groups excluding carboxylic acids is 1. The number of aryl methyl sites for hydroxylation is 1. The van der Waals surface area contributed by atoms with Crippen molar-refractivity contribution in [2.24, 2.45) is 24.6 Å². The van der Waals surface area contributed by atoms with Gasteiger partial charge >= 0.3 is 0 Å². The van der Waals surface area contributed by atoms with Crippen LogP contribution in [0.3, 0.4) is 0 Å². The normalized spacial score (nSPS) is 20.8. The highest BCUT2D eigenvalue weighted by Crippen LogP contribution is 2.41. The summed E-state index contributed by atoms with van der Waals surface area (Å²) < 4.78 is 10.4. The number of ether oxygens (including phenoxy) is 1. The second kappa shape index (κ2) is 10.1. The van der Waals surface area contributed by atoms with E-state index in [2.05, 4.69) is 44.5 Å². The Morgan fingerprint density at radius 1 is 1.00 bits per heavy atom. The molecular weight excluding hydrogens is 576 g/mol. The van der Waals surface area contributed by atoms with E-state index in [0.29, 0.717) is 23.1 Å². The molecule has 9 rings (SSSR count). The van der Waals surface area contributed by atoms with Gasteiger partial charge in [-0.3, -0.25) is 9.78 Å². The zero-order chi connectivity index (χ0) is 31.3. The van der Waals surface area contributed by atoms with E-state index in [9.17, 15) is 9.90 Å². The molecule has 1 amide bonds. The van der Waals surface area contributed by atoms with Gasteiger partial charge in [0.25, 0.3) is 5.91 Å². The molecule has 4 heterocycles. The number of aromatic hydroxyl groups is 1. The van der Waals surface area contributed by atoms with Crippen LogP contribution in [0.4, 0.5) is 0 Å². The number of carbonyl (C=O) groups is 1. The predicted molar refractivity (Wildman–Crippen MR) is 179 cm³/mol. The third kappa shape index (κ3) is 4.14. The summed E-state index contributed by atoms with van der Waals surface area (Å²) in [7, 11) is 3.67. The van der Waals surface area contributed by atoms with E-state index in [1.807, 2.05) is 36.2 Å². The van der Waals surface area contributed by atoms with E-state index in [0.717, 1.165) is 81.4 Å². The fourth-order valence-electron chi connectivity index (χ4n) is 7.95. The van der Waals surface area contributed by atoms with E-state index >= 15 is 0 Å². The number of benzene rings is 3. The number of aromatic nitrogens is 4. The van der Waals surface area contributed by atoms with Crippen molar-refractivity contribution in [3.8, 4) is 34.1 Å². The molecule has 3 aliphatic rings. The number of methoxy groups -OCH3 is 1. The summed E-state index contributed by atoms with van der Waals surface area (Å²) in [4.78, 5) is 25.3. The van der Waals surface area contributed by atoms with E-state index in [1.165, 1.54) is 12.8 Å². The zero-order valence-electron chi connectivity index (χ0n) is 26.0. The van der Waals surface area contributed by atoms with Crippen molar-refractivity contribution in [1.29, 1.82) is 0 Å². The second-order valence-corrected chi connectivity index (χ2v) is 13.4. The lowest BCUT2D eigenvalue weighted by Crippen LogP contribution is -2.41. The van der Waals surface area contributed by atoms with E-state index in [1.54, 1.807) is 19.4 Å². The van der Waals surface area contributed by atoms with Crippen LogP contribution in [0.2, 0.25) is 0 Å². The predicted octanol–water partition coefficient (Wildman–Crippen LogP) is 6.10. The van der Waals surface area contributed by atoms with Crippen molar-refractivity contribution in [1.82, 2.24) is 24.0 Å². The number of fused-ring (bicyclic) bond motifs is 5. The Labute approximate surface area is 266 Å². The van der Waals surface area contributed by atoms with E-state index in [4.69, 9.17) is 15.5 Å². The molecule has 3 aromatic heterocycles. The molecule has 9 nitrogen and oxygen atoms in total. The van der Waals surface area contributed by atoms with Crippen molar-refractivity contribution in [3.63, 3.8) is 0 Å². The van der Waals surface area contributed by atoms with E-state index in [-0.39, 0.29) is 23.7 Å². The van der Waals surface area contributed by atoms with Crippen LogP contribution in [0, 0.1) is 11.8 Å². The average molecular weight is 613 g/mol. The average Bonchev–Trinajstić information content (AvgIpc) is 3.48. The van der Waals surface area contributed by atoms with Crippen LogP contribution in [0.25, 0.3) is 55.5 Å². The molecule has 1 aliphatic heterocycles. The van der Waals surface area contributed by atoms with Gasteiger partial charge in [0.15, 0.2) is 5.82 Å². The van der Waals surface area contributed by atoms with Gasteiger partial charge in [-0.15, -0.1) is 0 Å². The summed E-state index contributed by atoms with van der Waals surface area (Å²) in [5.41, 5.74) is 13.7. The smallest absolute Gasteiger partial charge is 0.254 e. The Morgan fingerprint density at radius 2 is 1.83 bits per heavy atom. The van der Waals surface area contributed by atoms with Gasteiger partial charge in [0.2, 0.25) is 0 Å². The maximum Gasteiger partial charge on any atom is 0.254 e. The van der Waals surface area contributed by atoms with Crippen molar-refractivity contribution < 1.29 is 14.6 Å². The van der Waals surface area contributed by atoms with E-state index < -0.39 is 0 Å². The summed E-state index contributed by atoms with van der Waals surface area (Å²) in [6.45, 7) is 1.63. The molecule has 3 aromatic carbocycles. The molecular formula is C37H36N6O3. The second-order valence-electron chi connectivity index (χ2n) is 13.4.